The van der Waals surface area contributed by atoms with Crippen molar-refractivity contribution < 1.29 is 4.92 Å². The van der Waals surface area contributed by atoms with Crippen molar-refractivity contribution in [1.82, 2.24) is 9.97 Å². The molecule has 0 aliphatic carbocycles. The van der Waals surface area contributed by atoms with E-state index in [-0.39, 0.29) is 16.7 Å². The van der Waals surface area contributed by atoms with Crippen LogP contribution in [0.2, 0.25) is 0 Å². The number of hydrogen-bond acceptors (Lipinski definition) is 7. The molecule has 110 valence electrons. The largest absolute Gasteiger partial charge is 0.383 e. The maximum atomic E-state index is 11.4. The molecule has 0 saturated heterocycles. The molecule has 0 atom stereocenters. The second kappa shape index (κ2) is 6.27. The van der Waals surface area contributed by atoms with Crippen molar-refractivity contribution >= 4 is 29.0 Å². The summed E-state index contributed by atoms with van der Waals surface area (Å²) in [5, 5.41) is 14.4. The highest BCUT2D eigenvalue weighted by atomic mass is 32.2. The summed E-state index contributed by atoms with van der Waals surface area (Å²) in [5.41, 5.74) is 5.45. The van der Waals surface area contributed by atoms with E-state index in [0.29, 0.717) is 17.1 Å². The molecule has 0 amide bonds. The van der Waals surface area contributed by atoms with E-state index in [1.54, 1.807) is 18.2 Å². The standard InChI is InChI=1S/C12H13N5O3S/c1-2-14-7-4-3-5-8(11(7)17(19)20)21-12-15-9(13)6-10(18)16-12/h3-6,14H,2H2,1H3,(H3,13,15,16,18). The summed E-state index contributed by atoms with van der Waals surface area (Å²) in [5.74, 6) is 0.0618. The third-order valence-corrected chi connectivity index (χ3v) is 3.43. The minimum atomic E-state index is -0.468. The molecular formula is C12H13N5O3S. The zero-order valence-electron chi connectivity index (χ0n) is 11.1. The number of nitrogens with zero attached hydrogens (tertiary/aromatic N) is 2. The summed E-state index contributed by atoms with van der Waals surface area (Å²) in [7, 11) is 0. The molecule has 0 aliphatic rings. The molecule has 21 heavy (non-hydrogen) atoms. The third kappa shape index (κ3) is 3.51. The number of aromatic amines is 1. The van der Waals surface area contributed by atoms with Crippen LogP contribution in [0.1, 0.15) is 6.92 Å². The van der Waals surface area contributed by atoms with Crippen molar-refractivity contribution in [3.63, 3.8) is 0 Å². The number of para-hydroxylation sites is 1. The lowest BCUT2D eigenvalue weighted by Crippen LogP contribution is -2.09. The summed E-state index contributed by atoms with van der Waals surface area (Å²) in [4.78, 5) is 29.0. The minimum Gasteiger partial charge on any atom is -0.383 e. The Morgan fingerprint density at radius 3 is 2.90 bits per heavy atom. The summed E-state index contributed by atoms with van der Waals surface area (Å²) in [6.07, 6.45) is 0. The predicted molar refractivity (Wildman–Crippen MR) is 80.7 cm³/mol. The normalized spacial score (nSPS) is 10.3. The summed E-state index contributed by atoms with van der Waals surface area (Å²) in [6, 6.07) is 6.05. The number of rotatable bonds is 5. The van der Waals surface area contributed by atoms with Gasteiger partial charge in [-0.2, -0.15) is 0 Å². The Bertz CT molecular complexity index is 731. The SMILES string of the molecule is CCNc1cccc(Sc2nc(N)cc(=O)[nH]2)c1[N+](=O)[O-]. The molecule has 1 heterocycles. The molecule has 0 fully saturated rings. The molecule has 0 spiro atoms. The fourth-order valence-electron chi connectivity index (χ4n) is 1.73. The Labute approximate surface area is 123 Å². The summed E-state index contributed by atoms with van der Waals surface area (Å²) >= 11 is 0.983. The number of nitro benzene ring substituents is 1. The lowest BCUT2D eigenvalue weighted by molar-refractivity contribution is -0.386. The summed E-state index contributed by atoms with van der Waals surface area (Å²) < 4.78 is 0. The maximum Gasteiger partial charge on any atom is 0.306 e. The third-order valence-electron chi connectivity index (χ3n) is 2.50. The first-order valence-electron chi connectivity index (χ1n) is 6.07. The van der Waals surface area contributed by atoms with Crippen LogP contribution < -0.4 is 16.6 Å². The quantitative estimate of drug-likeness (QED) is 0.437. The second-order valence-electron chi connectivity index (χ2n) is 4.02. The highest BCUT2D eigenvalue weighted by Gasteiger charge is 2.20. The van der Waals surface area contributed by atoms with Crippen LogP contribution in [0.15, 0.2) is 39.1 Å². The van der Waals surface area contributed by atoms with Gasteiger partial charge < -0.3 is 16.0 Å². The van der Waals surface area contributed by atoms with Crippen LogP contribution in [0.5, 0.6) is 0 Å². The fourth-order valence-corrected chi connectivity index (χ4v) is 2.67. The van der Waals surface area contributed by atoms with E-state index in [0.717, 1.165) is 17.8 Å². The van der Waals surface area contributed by atoms with Gasteiger partial charge in [-0.1, -0.05) is 6.07 Å². The van der Waals surface area contributed by atoms with Crippen LogP contribution in [0.4, 0.5) is 17.2 Å². The van der Waals surface area contributed by atoms with E-state index >= 15 is 0 Å². The smallest absolute Gasteiger partial charge is 0.306 e. The van der Waals surface area contributed by atoms with Crippen molar-refractivity contribution in [3.8, 4) is 0 Å². The molecule has 2 aromatic rings. The minimum absolute atomic E-state index is 0.0607. The average molecular weight is 307 g/mol. The van der Waals surface area contributed by atoms with Crippen LogP contribution in [-0.4, -0.2) is 21.4 Å². The van der Waals surface area contributed by atoms with Gasteiger partial charge in [-0.3, -0.25) is 14.9 Å². The van der Waals surface area contributed by atoms with Gasteiger partial charge in [0.05, 0.1) is 9.82 Å². The van der Waals surface area contributed by atoms with Gasteiger partial charge in [-0.15, -0.1) is 0 Å². The Morgan fingerprint density at radius 2 is 2.29 bits per heavy atom. The topological polar surface area (TPSA) is 127 Å². The summed E-state index contributed by atoms with van der Waals surface area (Å²) in [6.45, 7) is 2.41. The number of anilines is 2. The molecular weight excluding hydrogens is 294 g/mol. The monoisotopic (exact) mass is 307 g/mol. The zero-order chi connectivity index (χ0) is 15.4. The number of nitrogen functional groups attached to an aromatic ring is 1. The number of aromatic nitrogens is 2. The Balaban J connectivity index is 2.46. The number of H-pyrrole nitrogens is 1. The number of nitro groups is 1. The molecule has 0 bridgehead atoms. The Kier molecular flexibility index (Phi) is 4.43. The second-order valence-corrected chi connectivity index (χ2v) is 5.05. The van der Waals surface area contributed by atoms with Crippen molar-refractivity contribution in [2.24, 2.45) is 0 Å². The van der Waals surface area contributed by atoms with Gasteiger partial charge in [0.25, 0.3) is 5.56 Å². The van der Waals surface area contributed by atoms with Gasteiger partial charge >= 0.3 is 5.69 Å². The first-order chi connectivity index (χ1) is 10.0. The van der Waals surface area contributed by atoms with Crippen molar-refractivity contribution in [2.75, 3.05) is 17.6 Å². The van der Waals surface area contributed by atoms with Crippen molar-refractivity contribution in [2.45, 2.75) is 17.0 Å². The number of benzene rings is 1. The van der Waals surface area contributed by atoms with Crippen molar-refractivity contribution in [3.05, 3.63) is 44.7 Å². The lowest BCUT2D eigenvalue weighted by Gasteiger charge is -2.08. The first kappa shape index (κ1) is 14.9. The van der Waals surface area contributed by atoms with E-state index in [1.165, 1.54) is 0 Å². The van der Waals surface area contributed by atoms with Gasteiger partial charge in [0.1, 0.15) is 11.5 Å². The van der Waals surface area contributed by atoms with Crippen LogP contribution in [0.25, 0.3) is 0 Å². The molecule has 0 radical (unpaired) electrons. The fraction of sp³-hybridized carbons (Fsp3) is 0.167. The van der Waals surface area contributed by atoms with Gasteiger partial charge in [-0.05, 0) is 30.8 Å². The average Bonchev–Trinajstić information content (AvgIpc) is 2.37. The van der Waals surface area contributed by atoms with Gasteiger partial charge in [-0.25, -0.2) is 4.98 Å². The highest BCUT2D eigenvalue weighted by Crippen LogP contribution is 2.37. The van der Waals surface area contributed by atoms with Gasteiger partial charge in [0.15, 0.2) is 5.16 Å². The van der Waals surface area contributed by atoms with Crippen molar-refractivity contribution in [1.29, 1.82) is 0 Å². The Hall–Kier alpha value is -2.55. The van der Waals surface area contributed by atoms with E-state index in [4.69, 9.17) is 5.73 Å². The molecule has 4 N–H and O–H groups in total. The molecule has 9 heteroatoms. The van der Waals surface area contributed by atoms with E-state index in [2.05, 4.69) is 15.3 Å². The van der Waals surface area contributed by atoms with E-state index in [1.807, 2.05) is 6.92 Å². The lowest BCUT2D eigenvalue weighted by atomic mass is 10.2. The van der Waals surface area contributed by atoms with E-state index < -0.39 is 10.5 Å². The number of hydrogen-bond donors (Lipinski definition) is 3. The molecule has 2 rings (SSSR count). The molecule has 0 unspecified atom stereocenters. The predicted octanol–water partition coefficient (Wildman–Crippen LogP) is 1.84. The van der Waals surface area contributed by atoms with Crippen LogP contribution in [0.3, 0.4) is 0 Å². The molecule has 8 nitrogen and oxygen atoms in total. The molecule has 0 saturated carbocycles. The van der Waals surface area contributed by atoms with Crippen LogP contribution in [-0.2, 0) is 0 Å². The van der Waals surface area contributed by atoms with Crippen LogP contribution in [0, 0.1) is 10.1 Å². The number of nitrogens with two attached hydrogens (primary N) is 1. The van der Waals surface area contributed by atoms with Gasteiger partial charge in [0, 0.05) is 12.6 Å². The maximum absolute atomic E-state index is 11.4. The Morgan fingerprint density at radius 1 is 1.52 bits per heavy atom. The van der Waals surface area contributed by atoms with Crippen LogP contribution >= 0.6 is 11.8 Å². The molecule has 1 aromatic heterocycles. The van der Waals surface area contributed by atoms with E-state index in [9.17, 15) is 14.9 Å². The number of nitrogens with one attached hydrogen (secondary N) is 2. The molecule has 0 aliphatic heterocycles. The highest BCUT2D eigenvalue weighted by molar-refractivity contribution is 7.99. The van der Waals surface area contributed by atoms with Gasteiger partial charge in [0.2, 0.25) is 0 Å². The first-order valence-corrected chi connectivity index (χ1v) is 6.89. The molecule has 1 aromatic carbocycles. The zero-order valence-corrected chi connectivity index (χ0v) is 11.9.